The van der Waals surface area contributed by atoms with Crippen molar-refractivity contribution in [2.45, 2.75) is 56.9 Å². The van der Waals surface area contributed by atoms with Crippen molar-refractivity contribution in [3.05, 3.63) is 33.8 Å². The van der Waals surface area contributed by atoms with E-state index in [1.54, 1.807) is 0 Å². The molecule has 0 aromatic heterocycles. The van der Waals surface area contributed by atoms with Crippen LogP contribution in [0.5, 0.6) is 0 Å². The summed E-state index contributed by atoms with van der Waals surface area (Å²) in [4.78, 5) is 0. The van der Waals surface area contributed by atoms with Crippen LogP contribution in [0.4, 0.5) is 0 Å². The Labute approximate surface area is 126 Å². The van der Waals surface area contributed by atoms with E-state index in [4.69, 9.17) is 23.2 Å². The summed E-state index contributed by atoms with van der Waals surface area (Å²) in [6, 6.07) is 6.69. The van der Waals surface area contributed by atoms with E-state index in [-0.39, 0.29) is 5.41 Å². The summed E-state index contributed by atoms with van der Waals surface area (Å²) in [6.07, 6.45) is 7.57. The van der Waals surface area contributed by atoms with Crippen molar-refractivity contribution in [3.8, 4) is 0 Å². The maximum Gasteiger partial charge on any atom is 0.0595 e. The molecule has 106 valence electrons. The average Bonchev–Trinajstić information content (AvgIpc) is 2.44. The van der Waals surface area contributed by atoms with Crippen molar-refractivity contribution in [3.63, 3.8) is 0 Å². The van der Waals surface area contributed by atoms with Gasteiger partial charge in [0.05, 0.1) is 10.0 Å². The first kappa shape index (κ1) is 15.2. The molecule has 3 heteroatoms. The van der Waals surface area contributed by atoms with Gasteiger partial charge in [0.25, 0.3) is 0 Å². The highest BCUT2D eigenvalue weighted by atomic mass is 35.5. The van der Waals surface area contributed by atoms with E-state index in [0.29, 0.717) is 16.1 Å². The Hall–Kier alpha value is -0.240. The molecule has 1 atom stereocenters. The molecule has 1 aromatic rings. The molecule has 0 heterocycles. The molecule has 0 unspecified atom stereocenters. The van der Waals surface area contributed by atoms with Crippen LogP contribution in [0.3, 0.4) is 0 Å². The predicted molar refractivity (Wildman–Crippen MR) is 84.4 cm³/mol. The molecular weight excluding hydrogens is 277 g/mol. The highest BCUT2D eigenvalue weighted by Crippen LogP contribution is 2.44. The normalized spacial score (nSPS) is 20.2. The minimum Gasteiger partial charge on any atom is -0.316 e. The molecule has 1 aromatic carbocycles. The molecule has 1 nitrogen and oxygen atoms in total. The molecule has 1 fully saturated rings. The third-order valence-electron chi connectivity index (χ3n) is 4.66. The number of benzene rings is 1. The lowest BCUT2D eigenvalue weighted by Crippen LogP contribution is -2.48. The zero-order chi connectivity index (χ0) is 13.9. The molecular formula is C16H23Cl2N. The third-order valence-corrected chi connectivity index (χ3v) is 5.40. The van der Waals surface area contributed by atoms with Gasteiger partial charge in [-0.3, -0.25) is 0 Å². The van der Waals surface area contributed by atoms with Gasteiger partial charge in [-0.2, -0.15) is 0 Å². The molecule has 0 radical (unpaired) electrons. The van der Waals surface area contributed by atoms with Crippen molar-refractivity contribution in [1.82, 2.24) is 5.32 Å². The molecule has 1 aliphatic carbocycles. The molecule has 0 spiro atoms. The zero-order valence-corrected chi connectivity index (χ0v) is 13.3. The predicted octanol–water partition coefficient (Wildman–Crippen LogP) is 5.19. The van der Waals surface area contributed by atoms with Crippen molar-refractivity contribution in [1.29, 1.82) is 0 Å². The van der Waals surface area contributed by atoms with E-state index in [9.17, 15) is 0 Å². The largest absolute Gasteiger partial charge is 0.316 e. The molecule has 1 N–H and O–H groups in total. The maximum absolute atomic E-state index is 6.23. The Morgan fingerprint density at radius 2 is 1.84 bits per heavy atom. The van der Waals surface area contributed by atoms with Gasteiger partial charge in [0.2, 0.25) is 0 Å². The van der Waals surface area contributed by atoms with Gasteiger partial charge in [0.1, 0.15) is 0 Å². The van der Waals surface area contributed by atoms with Crippen molar-refractivity contribution < 1.29 is 0 Å². The molecule has 0 bridgehead atoms. The zero-order valence-electron chi connectivity index (χ0n) is 11.8. The molecule has 0 aliphatic heterocycles. The van der Waals surface area contributed by atoms with Crippen LogP contribution >= 0.6 is 23.2 Å². The summed E-state index contributed by atoms with van der Waals surface area (Å²) in [5.41, 5.74) is 1.57. The number of nitrogens with one attached hydrogen (secondary N) is 1. The summed E-state index contributed by atoms with van der Waals surface area (Å²) >= 11 is 12.3. The van der Waals surface area contributed by atoms with Crippen LogP contribution < -0.4 is 5.32 Å². The number of likely N-dealkylation sites (N-methyl/N-ethyl adjacent to an activating group) is 1. The van der Waals surface area contributed by atoms with Gasteiger partial charge in [-0.15, -0.1) is 0 Å². The lowest BCUT2D eigenvalue weighted by Gasteiger charge is -2.44. The lowest BCUT2D eigenvalue weighted by molar-refractivity contribution is 0.215. The lowest BCUT2D eigenvalue weighted by atomic mass is 9.64. The SMILES string of the molecule is CC[C@@H](NC)C1(c2ccc(Cl)c(Cl)c2)CCCCC1. The Kier molecular flexibility index (Phi) is 5.16. The van der Waals surface area contributed by atoms with E-state index >= 15 is 0 Å². The van der Waals surface area contributed by atoms with Crippen LogP contribution in [0.25, 0.3) is 0 Å². The van der Waals surface area contributed by atoms with Gasteiger partial charge < -0.3 is 5.32 Å². The Bertz CT molecular complexity index is 421. The van der Waals surface area contributed by atoms with Gasteiger partial charge in [0, 0.05) is 11.5 Å². The van der Waals surface area contributed by atoms with Crippen LogP contribution in [0, 0.1) is 0 Å². The van der Waals surface area contributed by atoms with E-state index in [1.165, 1.54) is 37.7 Å². The first-order valence-electron chi connectivity index (χ1n) is 7.27. The van der Waals surface area contributed by atoms with Gasteiger partial charge in [-0.05, 0) is 44.0 Å². The standard InChI is InChI=1S/C16H23Cl2N/c1-3-15(19-2)16(9-5-4-6-10-16)12-7-8-13(17)14(18)11-12/h7-8,11,15,19H,3-6,9-10H2,1-2H3/t15-/m1/s1. The third kappa shape index (κ3) is 2.94. The van der Waals surface area contributed by atoms with Gasteiger partial charge in [0.15, 0.2) is 0 Å². The van der Waals surface area contributed by atoms with Crippen LogP contribution in [-0.4, -0.2) is 13.1 Å². The van der Waals surface area contributed by atoms with E-state index in [0.717, 1.165) is 6.42 Å². The molecule has 0 saturated heterocycles. The van der Waals surface area contributed by atoms with E-state index in [2.05, 4.69) is 31.4 Å². The fraction of sp³-hybridized carbons (Fsp3) is 0.625. The van der Waals surface area contributed by atoms with Crippen molar-refractivity contribution in [2.75, 3.05) is 7.05 Å². The highest BCUT2D eigenvalue weighted by molar-refractivity contribution is 6.42. The van der Waals surface area contributed by atoms with Gasteiger partial charge >= 0.3 is 0 Å². The molecule has 19 heavy (non-hydrogen) atoms. The summed E-state index contributed by atoms with van der Waals surface area (Å²) in [5, 5.41) is 4.84. The molecule has 0 amide bonds. The van der Waals surface area contributed by atoms with E-state index < -0.39 is 0 Å². The van der Waals surface area contributed by atoms with Crippen molar-refractivity contribution in [2.24, 2.45) is 0 Å². The number of rotatable bonds is 4. The minimum absolute atomic E-state index is 0.218. The first-order chi connectivity index (χ1) is 9.14. The number of hydrogen-bond donors (Lipinski definition) is 1. The Balaban J connectivity index is 2.43. The molecule has 2 rings (SSSR count). The summed E-state index contributed by atoms with van der Waals surface area (Å²) < 4.78 is 0. The van der Waals surface area contributed by atoms with Crippen LogP contribution in [0.2, 0.25) is 10.0 Å². The average molecular weight is 300 g/mol. The Morgan fingerprint density at radius 3 is 2.37 bits per heavy atom. The molecule has 1 saturated carbocycles. The summed E-state index contributed by atoms with van der Waals surface area (Å²) in [6.45, 7) is 2.26. The minimum atomic E-state index is 0.218. The second kappa shape index (κ2) is 6.47. The maximum atomic E-state index is 6.23. The fourth-order valence-corrected chi connectivity index (χ4v) is 4.00. The quantitative estimate of drug-likeness (QED) is 0.806. The fourth-order valence-electron chi connectivity index (χ4n) is 3.70. The van der Waals surface area contributed by atoms with E-state index in [1.807, 2.05) is 6.07 Å². The second-order valence-electron chi connectivity index (χ2n) is 5.60. The van der Waals surface area contributed by atoms with Crippen LogP contribution in [0.1, 0.15) is 51.0 Å². The Morgan fingerprint density at radius 1 is 1.16 bits per heavy atom. The number of halogens is 2. The van der Waals surface area contributed by atoms with Crippen molar-refractivity contribution >= 4 is 23.2 Å². The summed E-state index contributed by atoms with van der Waals surface area (Å²) in [7, 11) is 2.07. The summed E-state index contributed by atoms with van der Waals surface area (Å²) in [5.74, 6) is 0. The number of hydrogen-bond acceptors (Lipinski definition) is 1. The second-order valence-corrected chi connectivity index (χ2v) is 6.41. The van der Waals surface area contributed by atoms with Crippen LogP contribution in [0.15, 0.2) is 18.2 Å². The van der Waals surface area contributed by atoms with Gasteiger partial charge in [-0.1, -0.05) is 55.5 Å². The van der Waals surface area contributed by atoms with Crippen LogP contribution in [-0.2, 0) is 5.41 Å². The molecule has 1 aliphatic rings. The topological polar surface area (TPSA) is 12.0 Å². The first-order valence-corrected chi connectivity index (χ1v) is 8.02. The monoisotopic (exact) mass is 299 g/mol. The smallest absolute Gasteiger partial charge is 0.0595 e. The van der Waals surface area contributed by atoms with Gasteiger partial charge in [-0.25, -0.2) is 0 Å². The highest BCUT2D eigenvalue weighted by Gasteiger charge is 2.39.